The van der Waals surface area contributed by atoms with E-state index in [1.165, 1.54) is 35.2 Å². The zero-order valence-electron chi connectivity index (χ0n) is 17.9. The van der Waals surface area contributed by atoms with E-state index in [1.54, 1.807) is 11.0 Å². The van der Waals surface area contributed by atoms with Gasteiger partial charge < -0.3 is 4.90 Å². The number of carbonyl (C=O) groups is 2. The first kappa shape index (κ1) is 20.4. The van der Waals surface area contributed by atoms with Gasteiger partial charge in [0.15, 0.2) is 5.11 Å². The molecule has 1 N–H and O–H groups in total. The molecule has 6 heteroatoms. The van der Waals surface area contributed by atoms with Crippen molar-refractivity contribution in [2.45, 2.75) is 57.8 Å². The molecule has 1 aromatic rings. The van der Waals surface area contributed by atoms with E-state index < -0.39 is 5.91 Å². The largest absolute Gasteiger partial charge is 0.371 e. The number of amides is 2. The molecule has 1 aliphatic carbocycles. The maximum absolute atomic E-state index is 13.2. The van der Waals surface area contributed by atoms with E-state index >= 15 is 0 Å². The monoisotopic (exact) mass is 435 g/mol. The van der Waals surface area contributed by atoms with Crippen LogP contribution in [0.3, 0.4) is 0 Å². The number of hydrogen-bond acceptors (Lipinski definition) is 4. The Hall–Kier alpha value is -2.47. The highest BCUT2D eigenvalue weighted by molar-refractivity contribution is 7.80. The minimum absolute atomic E-state index is 0.182. The Morgan fingerprint density at radius 2 is 1.74 bits per heavy atom. The summed E-state index contributed by atoms with van der Waals surface area (Å²) < 4.78 is 0. The van der Waals surface area contributed by atoms with E-state index in [9.17, 15) is 9.59 Å². The van der Waals surface area contributed by atoms with Gasteiger partial charge in [-0.1, -0.05) is 11.6 Å². The van der Waals surface area contributed by atoms with Gasteiger partial charge in [0.25, 0.3) is 11.8 Å². The number of nitrogens with zero attached hydrogens (tertiary/aromatic N) is 2. The Morgan fingerprint density at radius 3 is 2.42 bits per heavy atom. The Balaban J connectivity index is 1.41. The number of benzene rings is 1. The van der Waals surface area contributed by atoms with Crippen molar-refractivity contribution in [1.82, 2.24) is 10.2 Å². The van der Waals surface area contributed by atoms with Crippen LogP contribution in [-0.4, -0.2) is 41.5 Å². The molecule has 0 atom stereocenters. The molecule has 0 bridgehead atoms. The highest BCUT2D eigenvalue weighted by Gasteiger charge is 2.33. The fraction of sp³-hybridized carbons (Fsp3) is 0.480. The third kappa shape index (κ3) is 4.05. The van der Waals surface area contributed by atoms with Gasteiger partial charge in [-0.15, -0.1) is 0 Å². The molecule has 3 aliphatic heterocycles. The highest BCUT2D eigenvalue weighted by atomic mass is 32.1. The average molecular weight is 436 g/mol. The zero-order valence-corrected chi connectivity index (χ0v) is 18.7. The lowest BCUT2D eigenvalue weighted by Crippen LogP contribution is -2.54. The normalized spacial score (nSPS) is 22.4. The number of aryl methyl sites for hydroxylation is 2. The number of nitrogens with one attached hydrogen (secondary N) is 1. The van der Waals surface area contributed by atoms with Crippen LogP contribution in [0, 0.1) is 0 Å². The molecule has 162 valence electrons. The van der Waals surface area contributed by atoms with Gasteiger partial charge >= 0.3 is 0 Å². The number of carbonyl (C=O) groups excluding carboxylic acids is 2. The third-order valence-corrected chi connectivity index (χ3v) is 7.22. The summed E-state index contributed by atoms with van der Waals surface area (Å²) >= 11 is 5.33. The molecular weight excluding hydrogens is 406 g/mol. The van der Waals surface area contributed by atoms with Gasteiger partial charge in [0.1, 0.15) is 5.57 Å². The third-order valence-electron chi connectivity index (χ3n) is 6.89. The van der Waals surface area contributed by atoms with Gasteiger partial charge in [0.2, 0.25) is 0 Å². The molecule has 1 fully saturated rings. The fourth-order valence-electron chi connectivity index (χ4n) is 5.36. The zero-order chi connectivity index (χ0) is 21.4. The molecule has 31 heavy (non-hydrogen) atoms. The van der Waals surface area contributed by atoms with Crippen LogP contribution in [0.15, 0.2) is 29.4 Å². The van der Waals surface area contributed by atoms with Crippen LogP contribution in [0.4, 0.5) is 5.69 Å². The number of allylic oxidation sites excluding steroid dienone is 1. The summed E-state index contributed by atoms with van der Waals surface area (Å²) in [5.74, 6) is -0.672. The van der Waals surface area contributed by atoms with Crippen molar-refractivity contribution in [3.63, 3.8) is 0 Å². The quantitative estimate of drug-likeness (QED) is 0.337. The van der Waals surface area contributed by atoms with Crippen molar-refractivity contribution in [2.75, 3.05) is 24.5 Å². The second-order valence-electron chi connectivity index (χ2n) is 9.01. The van der Waals surface area contributed by atoms with Crippen LogP contribution in [0.1, 0.15) is 61.6 Å². The smallest absolute Gasteiger partial charge is 0.265 e. The van der Waals surface area contributed by atoms with Crippen LogP contribution in [0.5, 0.6) is 0 Å². The summed E-state index contributed by atoms with van der Waals surface area (Å²) in [5, 5.41) is 2.95. The summed E-state index contributed by atoms with van der Waals surface area (Å²) in [6.45, 7) is 2.78. The van der Waals surface area contributed by atoms with E-state index in [1.807, 2.05) is 0 Å². The maximum Gasteiger partial charge on any atom is 0.265 e. The summed E-state index contributed by atoms with van der Waals surface area (Å²) in [6.07, 6.45) is 14.0. The first-order chi connectivity index (χ1) is 15.1. The summed E-state index contributed by atoms with van der Waals surface area (Å²) in [7, 11) is 0. The lowest BCUT2D eigenvalue weighted by atomic mass is 9.89. The van der Waals surface area contributed by atoms with Crippen LogP contribution >= 0.6 is 12.2 Å². The predicted molar refractivity (Wildman–Crippen MR) is 127 cm³/mol. The van der Waals surface area contributed by atoms with E-state index in [-0.39, 0.29) is 16.6 Å². The Bertz CT molecular complexity index is 979. The summed E-state index contributed by atoms with van der Waals surface area (Å²) in [4.78, 5) is 29.9. The van der Waals surface area contributed by atoms with Crippen molar-refractivity contribution < 1.29 is 9.59 Å². The van der Waals surface area contributed by atoms with E-state index in [0.29, 0.717) is 6.54 Å². The molecule has 0 radical (unpaired) electrons. The second kappa shape index (κ2) is 8.58. The van der Waals surface area contributed by atoms with Crippen molar-refractivity contribution in [2.24, 2.45) is 0 Å². The average Bonchev–Trinajstić information content (AvgIpc) is 2.77. The topological polar surface area (TPSA) is 52.7 Å². The maximum atomic E-state index is 13.2. The van der Waals surface area contributed by atoms with Gasteiger partial charge in [-0.3, -0.25) is 19.8 Å². The van der Waals surface area contributed by atoms with Crippen LogP contribution in [-0.2, 0) is 22.4 Å². The number of hydrogen-bond donors (Lipinski definition) is 1. The van der Waals surface area contributed by atoms with E-state index in [0.717, 1.165) is 63.6 Å². The van der Waals surface area contributed by atoms with Crippen LogP contribution in [0.25, 0.3) is 6.08 Å². The molecule has 1 saturated heterocycles. The van der Waals surface area contributed by atoms with Crippen LogP contribution in [0.2, 0.25) is 0 Å². The summed E-state index contributed by atoms with van der Waals surface area (Å²) in [5.41, 5.74) is 6.59. The Labute approximate surface area is 189 Å². The molecule has 1 aromatic carbocycles. The van der Waals surface area contributed by atoms with Gasteiger partial charge in [-0.2, -0.15) is 0 Å². The molecule has 5 rings (SSSR count). The highest BCUT2D eigenvalue weighted by Crippen LogP contribution is 2.36. The molecule has 0 saturated carbocycles. The lowest BCUT2D eigenvalue weighted by molar-refractivity contribution is -0.128. The molecule has 2 amide bonds. The van der Waals surface area contributed by atoms with Gasteiger partial charge in [0, 0.05) is 25.3 Å². The number of rotatable bonds is 4. The number of anilines is 1. The minimum Gasteiger partial charge on any atom is -0.371 e. The SMILES string of the molecule is O=C1NC(=S)N(CCC2=CCCCC2)C(=O)C1=Cc1cc2c3c(c1)CCCN3CCC2. The predicted octanol–water partition coefficient (Wildman–Crippen LogP) is 3.90. The molecule has 0 unspecified atom stereocenters. The molecule has 5 nitrogen and oxygen atoms in total. The van der Waals surface area contributed by atoms with Gasteiger partial charge in [0.05, 0.1) is 0 Å². The summed E-state index contributed by atoms with van der Waals surface area (Å²) in [6, 6.07) is 4.32. The standard InChI is InChI=1S/C25H29N3O2S/c29-23-21(24(30)28(25(31)26-23)13-10-17-6-2-1-3-7-17)16-18-14-19-8-4-11-27-12-5-9-20(15-18)22(19)27/h6,14-16H,1-5,7-13H2,(H,26,29,31). The van der Waals surface area contributed by atoms with Crippen molar-refractivity contribution >= 4 is 40.9 Å². The molecule has 0 spiro atoms. The van der Waals surface area contributed by atoms with Crippen LogP contribution < -0.4 is 10.2 Å². The molecule has 3 heterocycles. The Morgan fingerprint density at radius 1 is 1.00 bits per heavy atom. The molecular formula is C25H29N3O2S. The van der Waals surface area contributed by atoms with Crippen molar-refractivity contribution in [3.8, 4) is 0 Å². The van der Waals surface area contributed by atoms with E-state index in [4.69, 9.17) is 12.2 Å². The van der Waals surface area contributed by atoms with Gasteiger partial charge in [-0.25, -0.2) is 0 Å². The fourth-order valence-corrected chi connectivity index (χ4v) is 5.63. The lowest BCUT2D eigenvalue weighted by Gasteiger charge is -2.37. The van der Waals surface area contributed by atoms with Crippen molar-refractivity contribution in [1.29, 1.82) is 0 Å². The molecule has 0 aromatic heterocycles. The Kier molecular flexibility index (Phi) is 5.65. The van der Waals surface area contributed by atoms with E-state index in [2.05, 4.69) is 28.4 Å². The first-order valence-corrected chi connectivity index (χ1v) is 12.0. The van der Waals surface area contributed by atoms with Gasteiger partial charge in [-0.05, 0) is 105 Å². The molecule has 4 aliphatic rings. The number of thiocarbonyl (C=S) groups is 1. The van der Waals surface area contributed by atoms with Crippen molar-refractivity contribution in [3.05, 3.63) is 46.0 Å². The first-order valence-electron chi connectivity index (χ1n) is 11.6. The second-order valence-corrected chi connectivity index (χ2v) is 9.40. The minimum atomic E-state index is -0.392.